The molecule has 0 radical (unpaired) electrons. The Bertz CT molecular complexity index is 1040. The Kier molecular flexibility index (Phi) is 7.04. The molecular weight excluding hydrogens is 386 g/mol. The summed E-state index contributed by atoms with van der Waals surface area (Å²) in [4.78, 5) is 31.1. The number of unbranched alkanes of at least 4 members (excludes halogenated alkanes) is 2. The Morgan fingerprint density at radius 2 is 2.00 bits per heavy atom. The average molecular weight is 414 g/mol. The summed E-state index contributed by atoms with van der Waals surface area (Å²) in [6.07, 6.45) is 5.45. The summed E-state index contributed by atoms with van der Waals surface area (Å²) in [5.41, 5.74) is 1.78. The van der Waals surface area contributed by atoms with E-state index >= 15 is 0 Å². The summed E-state index contributed by atoms with van der Waals surface area (Å²) in [7, 11) is 1.64. The summed E-state index contributed by atoms with van der Waals surface area (Å²) in [5.74, 6) is 0.655. The lowest BCUT2D eigenvalue weighted by Crippen LogP contribution is -2.25. The standard InChI is InChI=1S/C22H27N3O3S/c1-4-5-6-13-25-14-24-21-18(22(25)27)15(2)19(29-21)20(26)23-12-11-16-7-9-17(28-3)10-8-16/h7-10,14H,4-6,11-13H2,1-3H3,(H,23,26). The number of carbonyl (C=O) groups excluding carboxylic acids is 1. The van der Waals surface area contributed by atoms with Crippen molar-refractivity contribution in [1.29, 1.82) is 0 Å². The molecule has 0 aliphatic carbocycles. The number of methoxy groups -OCH3 is 1. The molecule has 2 heterocycles. The molecular formula is C22H27N3O3S. The van der Waals surface area contributed by atoms with Gasteiger partial charge in [-0.05, 0) is 43.0 Å². The van der Waals surface area contributed by atoms with E-state index < -0.39 is 0 Å². The van der Waals surface area contributed by atoms with Crippen molar-refractivity contribution in [2.45, 2.75) is 46.1 Å². The van der Waals surface area contributed by atoms with E-state index in [1.165, 1.54) is 11.3 Å². The molecule has 0 aliphatic heterocycles. The minimum Gasteiger partial charge on any atom is -0.497 e. The van der Waals surface area contributed by atoms with Crippen LogP contribution in [0.1, 0.15) is 47.0 Å². The molecule has 3 rings (SSSR count). The number of hydrogen-bond acceptors (Lipinski definition) is 5. The zero-order valence-electron chi connectivity index (χ0n) is 17.2. The first-order valence-corrected chi connectivity index (χ1v) is 10.8. The second-order valence-corrected chi connectivity index (χ2v) is 8.04. The normalized spacial score (nSPS) is 11.0. The molecule has 29 heavy (non-hydrogen) atoms. The van der Waals surface area contributed by atoms with Crippen LogP contribution in [0.3, 0.4) is 0 Å². The van der Waals surface area contributed by atoms with Gasteiger partial charge >= 0.3 is 0 Å². The zero-order valence-corrected chi connectivity index (χ0v) is 18.0. The number of aryl methyl sites for hydroxylation is 2. The number of ether oxygens (including phenoxy) is 1. The number of thiophene rings is 1. The van der Waals surface area contributed by atoms with Gasteiger partial charge < -0.3 is 10.1 Å². The Labute approximate surface area is 174 Å². The van der Waals surface area contributed by atoms with E-state index in [2.05, 4.69) is 17.2 Å². The van der Waals surface area contributed by atoms with Crippen LogP contribution in [-0.4, -0.2) is 29.1 Å². The molecule has 154 valence electrons. The maximum atomic E-state index is 12.8. The smallest absolute Gasteiger partial charge is 0.262 e. The number of hydrogen-bond donors (Lipinski definition) is 1. The molecule has 2 aromatic heterocycles. The van der Waals surface area contributed by atoms with Crippen molar-refractivity contribution in [1.82, 2.24) is 14.9 Å². The first-order valence-electron chi connectivity index (χ1n) is 9.94. The molecule has 0 bridgehead atoms. The fraction of sp³-hybridized carbons (Fsp3) is 0.409. The third-order valence-electron chi connectivity index (χ3n) is 4.98. The van der Waals surface area contributed by atoms with E-state index in [1.807, 2.05) is 31.2 Å². The number of aromatic nitrogens is 2. The lowest BCUT2D eigenvalue weighted by molar-refractivity contribution is 0.0957. The van der Waals surface area contributed by atoms with Gasteiger partial charge in [0.25, 0.3) is 11.5 Å². The van der Waals surface area contributed by atoms with Crippen LogP contribution in [-0.2, 0) is 13.0 Å². The molecule has 0 spiro atoms. The molecule has 1 aromatic carbocycles. The van der Waals surface area contributed by atoms with Crippen molar-refractivity contribution in [3.05, 3.63) is 57.0 Å². The van der Waals surface area contributed by atoms with Crippen LogP contribution in [0.25, 0.3) is 10.2 Å². The molecule has 0 saturated heterocycles. The molecule has 0 aliphatic rings. The Morgan fingerprint density at radius 1 is 1.24 bits per heavy atom. The predicted octanol–water partition coefficient (Wildman–Crippen LogP) is 3.94. The molecule has 0 fully saturated rings. The number of amides is 1. The molecule has 3 aromatic rings. The highest BCUT2D eigenvalue weighted by Crippen LogP contribution is 2.26. The van der Waals surface area contributed by atoms with Gasteiger partial charge in [-0.3, -0.25) is 14.2 Å². The fourth-order valence-electron chi connectivity index (χ4n) is 3.26. The zero-order chi connectivity index (χ0) is 20.8. The van der Waals surface area contributed by atoms with Gasteiger partial charge in [0.05, 0.1) is 23.7 Å². The average Bonchev–Trinajstić information content (AvgIpc) is 3.07. The van der Waals surface area contributed by atoms with Crippen LogP contribution in [0.2, 0.25) is 0 Å². The van der Waals surface area contributed by atoms with Crippen molar-refractivity contribution in [3.8, 4) is 5.75 Å². The van der Waals surface area contributed by atoms with E-state index in [0.29, 0.717) is 33.7 Å². The van der Waals surface area contributed by atoms with Crippen LogP contribution < -0.4 is 15.6 Å². The largest absolute Gasteiger partial charge is 0.497 e. The van der Waals surface area contributed by atoms with Crippen molar-refractivity contribution in [2.75, 3.05) is 13.7 Å². The topological polar surface area (TPSA) is 73.2 Å². The van der Waals surface area contributed by atoms with Crippen molar-refractivity contribution in [2.24, 2.45) is 0 Å². The van der Waals surface area contributed by atoms with Gasteiger partial charge in [0, 0.05) is 13.1 Å². The van der Waals surface area contributed by atoms with E-state index in [4.69, 9.17) is 4.74 Å². The van der Waals surface area contributed by atoms with Gasteiger partial charge in [-0.1, -0.05) is 31.9 Å². The highest BCUT2D eigenvalue weighted by atomic mass is 32.1. The predicted molar refractivity (Wildman–Crippen MR) is 117 cm³/mol. The van der Waals surface area contributed by atoms with Gasteiger partial charge in [-0.2, -0.15) is 0 Å². The quantitative estimate of drug-likeness (QED) is 0.539. The minimum atomic E-state index is -0.157. The third-order valence-corrected chi connectivity index (χ3v) is 6.18. The second kappa shape index (κ2) is 9.69. The lowest BCUT2D eigenvalue weighted by atomic mass is 10.1. The molecule has 0 saturated carbocycles. The lowest BCUT2D eigenvalue weighted by Gasteiger charge is -2.06. The van der Waals surface area contributed by atoms with Crippen LogP contribution in [0.5, 0.6) is 5.75 Å². The van der Waals surface area contributed by atoms with Crippen LogP contribution in [0.15, 0.2) is 35.4 Å². The maximum Gasteiger partial charge on any atom is 0.262 e. The SMILES string of the molecule is CCCCCn1cnc2sc(C(=O)NCCc3ccc(OC)cc3)c(C)c2c1=O. The first kappa shape index (κ1) is 21.0. The van der Waals surface area contributed by atoms with Crippen LogP contribution in [0.4, 0.5) is 0 Å². The van der Waals surface area contributed by atoms with Gasteiger partial charge in [0.1, 0.15) is 10.6 Å². The molecule has 1 N–H and O–H groups in total. The summed E-state index contributed by atoms with van der Waals surface area (Å²) >= 11 is 1.28. The Balaban J connectivity index is 1.69. The molecule has 0 atom stereocenters. The summed E-state index contributed by atoms with van der Waals surface area (Å²) in [5, 5.41) is 3.52. The van der Waals surface area contributed by atoms with E-state index in [0.717, 1.165) is 37.0 Å². The van der Waals surface area contributed by atoms with Crippen molar-refractivity contribution >= 4 is 27.5 Å². The minimum absolute atomic E-state index is 0.0582. The number of nitrogens with one attached hydrogen (secondary N) is 1. The number of rotatable bonds is 9. The van der Waals surface area contributed by atoms with Gasteiger partial charge in [-0.15, -0.1) is 11.3 Å². The summed E-state index contributed by atoms with van der Waals surface area (Å²) in [6.45, 7) is 5.14. The first-order chi connectivity index (χ1) is 14.0. The van der Waals surface area contributed by atoms with Crippen LogP contribution in [0, 0.1) is 6.92 Å². The van der Waals surface area contributed by atoms with E-state index in [-0.39, 0.29) is 11.5 Å². The maximum absolute atomic E-state index is 12.8. The molecule has 1 amide bonds. The number of carbonyl (C=O) groups is 1. The molecule has 7 heteroatoms. The number of nitrogens with zero attached hydrogens (tertiary/aromatic N) is 2. The highest BCUT2D eigenvalue weighted by Gasteiger charge is 2.19. The molecule has 0 unspecified atom stereocenters. The van der Waals surface area contributed by atoms with Crippen molar-refractivity contribution < 1.29 is 9.53 Å². The summed E-state index contributed by atoms with van der Waals surface area (Å²) < 4.78 is 6.81. The van der Waals surface area contributed by atoms with Gasteiger partial charge in [0.15, 0.2) is 0 Å². The van der Waals surface area contributed by atoms with Crippen LogP contribution >= 0.6 is 11.3 Å². The van der Waals surface area contributed by atoms with Crippen molar-refractivity contribution in [3.63, 3.8) is 0 Å². The molecule has 6 nitrogen and oxygen atoms in total. The van der Waals surface area contributed by atoms with E-state index in [1.54, 1.807) is 18.0 Å². The third kappa shape index (κ3) is 4.85. The Hall–Kier alpha value is -2.67. The van der Waals surface area contributed by atoms with Gasteiger partial charge in [0.2, 0.25) is 0 Å². The monoisotopic (exact) mass is 413 g/mol. The highest BCUT2D eigenvalue weighted by molar-refractivity contribution is 7.20. The summed E-state index contributed by atoms with van der Waals surface area (Å²) in [6, 6.07) is 7.79. The van der Waals surface area contributed by atoms with E-state index in [9.17, 15) is 9.59 Å². The Morgan fingerprint density at radius 3 is 2.69 bits per heavy atom. The second-order valence-electron chi connectivity index (χ2n) is 7.04. The number of benzene rings is 1. The number of fused-ring (bicyclic) bond motifs is 1. The van der Waals surface area contributed by atoms with Gasteiger partial charge in [-0.25, -0.2) is 4.98 Å². The fourth-order valence-corrected chi connectivity index (χ4v) is 4.32.